The Hall–Kier alpha value is -2.49. The number of fused-ring (bicyclic) bond motifs is 1. The molecular weight excluding hydrogens is 257 g/mol. The minimum absolute atomic E-state index is 0.242. The molecule has 3 rings (SSSR count). The molecule has 0 spiro atoms. The van der Waals surface area contributed by atoms with Crippen molar-refractivity contribution in [3.05, 3.63) is 60.0 Å². The van der Waals surface area contributed by atoms with Crippen molar-refractivity contribution in [1.29, 1.82) is 0 Å². The molecule has 20 heavy (non-hydrogen) atoms. The maximum atomic E-state index is 13.1. The SMILES string of the molecule is COc1ccccc1OCc1cc2cc(F)ccc2[nH]1. The fourth-order valence-electron chi connectivity index (χ4n) is 2.13. The van der Waals surface area contributed by atoms with E-state index < -0.39 is 0 Å². The molecule has 1 heterocycles. The molecule has 0 saturated heterocycles. The molecule has 3 nitrogen and oxygen atoms in total. The monoisotopic (exact) mass is 271 g/mol. The standard InChI is InChI=1S/C16H14FNO2/c1-19-15-4-2-3-5-16(15)20-10-13-9-11-8-12(17)6-7-14(11)18-13/h2-9,18H,10H2,1H3. The molecule has 2 aromatic carbocycles. The van der Waals surface area contributed by atoms with Gasteiger partial charge in [0.2, 0.25) is 0 Å². The highest BCUT2D eigenvalue weighted by molar-refractivity contribution is 5.80. The summed E-state index contributed by atoms with van der Waals surface area (Å²) in [4.78, 5) is 3.20. The Balaban J connectivity index is 1.79. The number of ether oxygens (including phenoxy) is 2. The smallest absolute Gasteiger partial charge is 0.161 e. The van der Waals surface area contributed by atoms with Crippen molar-refractivity contribution in [3.8, 4) is 11.5 Å². The zero-order valence-electron chi connectivity index (χ0n) is 11.0. The summed E-state index contributed by atoms with van der Waals surface area (Å²) in [5.41, 5.74) is 1.78. The Morgan fingerprint density at radius 2 is 1.85 bits per heavy atom. The van der Waals surface area contributed by atoms with Gasteiger partial charge < -0.3 is 14.5 Å². The normalized spacial score (nSPS) is 10.7. The molecule has 0 radical (unpaired) electrons. The van der Waals surface area contributed by atoms with Gasteiger partial charge in [0.15, 0.2) is 11.5 Å². The minimum Gasteiger partial charge on any atom is -0.493 e. The Bertz CT molecular complexity index is 736. The number of halogens is 1. The van der Waals surface area contributed by atoms with Crippen LogP contribution in [-0.2, 0) is 6.61 Å². The van der Waals surface area contributed by atoms with Crippen molar-refractivity contribution < 1.29 is 13.9 Å². The van der Waals surface area contributed by atoms with Crippen LogP contribution in [0.1, 0.15) is 5.69 Å². The highest BCUT2D eigenvalue weighted by Gasteiger charge is 2.05. The number of rotatable bonds is 4. The van der Waals surface area contributed by atoms with Gasteiger partial charge in [0.25, 0.3) is 0 Å². The van der Waals surface area contributed by atoms with E-state index in [1.807, 2.05) is 30.3 Å². The summed E-state index contributed by atoms with van der Waals surface area (Å²) in [5, 5.41) is 0.837. The average Bonchev–Trinajstić information content (AvgIpc) is 2.87. The molecule has 0 aliphatic rings. The number of nitrogens with one attached hydrogen (secondary N) is 1. The van der Waals surface area contributed by atoms with Crippen LogP contribution in [0.15, 0.2) is 48.5 Å². The lowest BCUT2D eigenvalue weighted by Gasteiger charge is -2.09. The van der Waals surface area contributed by atoms with Gasteiger partial charge in [0, 0.05) is 10.9 Å². The molecule has 4 heteroatoms. The Morgan fingerprint density at radius 1 is 1.05 bits per heavy atom. The summed E-state index contributed by atoms with van der Waals surface area (Å²) in [5.74, 6) is 1.13. The molecule has 1 N–H and O–H groups in total. The van der Waals surface area contributed by atoms with E-state index in [4.69, 9.17) is 9.47 Å². The topological polar surface area (TPSA) is 34.2 Å². The van der Waals surface area contributed by atoms with Crippen LogP contribution in [0.3, 0.4) is 0 Å². The van der Waals surface area contributed by atoms with Crippen LogP contribution in [-0.4, -0.2) is 12.1 Å². The molecular formula is C16H14FNO2. The van der Waals surface area contributed by atoms with Crippen molar-refractivity contribution in [1.82, 2.24) is 4.98 Å². The fraction of sp³-hybridized carbons (Fsp3) is 0.125. The van der Waals surface area contributed by atoms with Gasteiger partial charge in [-0.3, -0.25) is 0 Å². The van der Waals surface area contributed by atoms with Gasteiger partial charge in [-0.15, -0.1) is 0 Å². The highest BCUT2D eigenvalue weighted by Crippen LogP contribution is 2.27. The molecule has 0 amide bonds. The van der Waals surface area contributed by atoms with Crippen molar-refractivity contribution in [2.24, 2.45) is 0 Å². The third-order valence-corrected chi connectivity index (χ3v) is 3.09. The summed E-state index contributed by atoms with van der Waals surface area (Å²) in [7, 11) is 1.61. The first kappa shape index (κ1) is 12.5. The van der Waals surface area contributed by atoms with Crippen molar-refractivity contribution in [3.63, 3.8) is 0 Å². The van der Waals surface area contributed by atoms with Crippen LogP contribution in [0, 0.1) is 5.82 Å². The third kappa shape index (κ3) is 2.45. The summed E-state index contributed by atoms with van der Waals surface area (Å²) < 4.78 is 24.1. The third-order valence-electron chi connectivity index (χ3n) is 3.09. The number of methoxy groups -OCH3 is 1. The van der Waals surface area contributed by atoms with Gasteiger partial charge in [0.05, 0.1) is 12.8 Å². The second-order valence-electron chi connectivity index (χ2n) is 4.47. The molecule has 0 unspecified atom stereocenters. The van der Waals surface area contributed by atoms with Crippen LogP contribution in [0.25, 0.3) is 10.9 Å². The number of aromatic amines is 1. The quantitative estimate of drug-likeness (QED) is 0.781. The zero-order valence-corrected chi connectivity index (χ0v) is 11.0. The lowest BCUT2D eigenvalue weighted by atomic mass is 10.2. The van der Waals surface area contributed by atoms with Crippen molar-refractivity contribution in [2.45, 2.75) is 6.61 Å². The van der Waals surface area contributed by atoms with Gasteiger partial charge in [-0.2, -0.15) is 0 Å². The van der Waals surface area contributed by atoms with Gasteiger partial charge in [-0.05, 0) is 36.4 Å². The maximum Gasteiger partial charge on any atom is 0.161 e. The highest BCUT2D eigenvalue weighted by atomic mass is 19.1. The van der Waals surface area contributed by atoms with E-state index in [0.717, 1.165) is 16.6 Å². The van der Waals surface area contributed by atoms with E-state index in [1.54, 1.807) is 13.2 Å². The van der Waals surface area contributed by atoms with Crippen LogP contribution >= 0.6 is 0 Å². The summed E-state index contributed by atoms with van der Waals surface area (Å²) in [6.07, 6.45) is 0. The number of hydrogen-bond donors (Lipinski definition) is 1. The molecule has 0 aliphatic carbocycles. The largest absolute Gasteiger partial charge is 0.493 e. The number of hydrogen-bond acceptors (Lipinski definition) is 2. The van der Waals surface area contributed by atoms with Gasteiger partial charge >= 0.3 is 0 Å². The Labute approximate surface area is 116 Å². The summed E-state index contributed by atoms with van der Waals surface area (Å²) in [6.45, 7) is 0.372. The molecule has 0 bridgehead atoms. The van der Waals surface area contributed by atoms with E-state index in [-0.39, 0.29) is 5.82 Å². The summed E-state index contributed by atoms with van der Waals surface area (Å²) >= 11 is 0. The second-order valence-corrected chi connectivity index (χ2v) is 4.47. The van der Waals surface area contributed by atoms with Crippen molar-refractivity contribution >= 4 is 10.9 Å². The first-order valence-electron chi connectivity index (χ1n) is 6.29. The van der Waals surface area contributed by atoms with E-state index in [0.29, 0.717) is 18.1 Å². The van der Waals surface area contributed by atoms with Crippen LogP contribution < -0.4 is 9.47 Å². The first-order chi connectivity index (χ1) is 9.76. The molecule has 0 saturated carbocycles. The number of aromatic nitrogens is 1. The molecule has 0 atom stereocenters. The van der Waals surface area contributed by atoms with E-state index in [9.17, 15) is 4.39 Å². The molecule has 0 fully saturated rings. The molecule has 1 aromatic heterocycles. The number of H-pyrrole nitrogens is 1. The molecule has 3 aromatic rings. The van der Waals surface area contributed by atoms with Crippen LogP contribution in [0.2, 0.25) is 0 Å². The lowest BCUT2D eigenvalue weighted by Crippen LogP contribution is -1.97. The maximum absolute atomic E-state index is 13.1. The number of benzene rings is 2. The number of para-hydroxylation sites is 2. The minimum atomic E-state index is -0.242. The van der Waals surface area contributed by atoms with Gasteiger partial charge in [-0.1, -0.05) is 12.1 Å². The van der Waals surface area contributed by atoms with Gasteiger partial charge in [-0.25, -0.2) is 4.39 Å². The first-order valence-corrected chi connectivity index (χ1v) is 6.29. The van der Waals surface area contributed by atoms with Gasteiger partial charge in [0.1, 0.15) is 12.4 Å². The molecule has 102 valence electrons. The van der Waals surface area contributed by atoms with Crippen molar-refractivity contribution in [2.75, 3.05) is 7.11 Å². The fourth-order valence-corrected chi connectivity index (χ4v) is 2.13. The van der Waals surface area contributed by atoms with E-state index >= 15 is 0 Å². The average molecular weight is 271 g/mol. The predicted octanol–water partition coefficient (Wildman–Crippen LogP) is 3.89. The lowest BCUT2D eigenvalue weighted by molar-refractivity contribution is 0.281. The molecule has 0 aliphatic heterocycles. The Kier molecular flexibility index (Phi) is 3.29. The van der Waals surface area contributed by atoms with Crippen LogP contribution in [0.5, 0.6) is 11.5 Å². The Morgan fingerprint density at radius 3 is 2.65 bits per heavy atom. The van der Waals surface area contributed by atoms with Crippen LogP contribution in [0.4, 0.5) is 4.39 Å². The van der Waals surface area contributed by atoms with E-state index in [1.165, 1.54) is 12.1 Å². The zero-order chi connectivity index (χ0) is 13.9. The second kappa shape index (κ2) is 5.25. The predicted molar refractivity (Wildman–Crippen MR) is 75.6 cm³/mol. The summed E-state index contributed by atoms with van der Waals surface area (Å²) in [6, 6.07) is 14.0. The van der Waals surface area contributed by atoms with E-state index in [2.05, 4.69) is 4.98 Å².